The second-order valence-electron chi connectivity index (χ2n) is 5.83. The third-order valence-electron chi connectivity index (χ3n) is 4.25. The molecule has 0 spiro atoms. The molecule has 1 fully saturated rings. The third-order valence-corrected chi connectivity index (χ3v) is 4.25. The zero-order chi connectivity index (χ0) is 14.8. The van der Waals surface area contributed by atoms with E-state index in [9.17, 15) is 10.1 Å². The summed E-state index contributed by atoms with van der Waals surface area (Å²) in [6, 6.07) is 6.61. The third kappa shape index (κ3) is 2.99. The van der Waals surface area contributed by atoms with Gasteiger partial charge in [-0.1, -0.05) is 24.2 Å². The van der Waals surface area contributed by atoms with Crippen LogP contribution in [0.25, 0.3) is 0 Å². The number of hydrogen-bond donors (Lipinski definition) is 0. The number of likely N-dealkylation sites (tertiary alicyclic amines) is 1. The zero-order valence-corrected chi connectivity index (χ0v) is 12.1. The van der Waals surface area contributed by atoms with Crippen LogP contribution in [-0.4, -0.2) is 28.7 Å². The van der Waals surface area contributed by atoms with E-state index in [-0.39, 0.29) is 16.7 Å². The van der Waals surface area contributed by atoms with Crippen molar-refractivity contribution in [1.82, 2.24) is 4.90 Å². The molecule has 1 unspecified atom stereocenters. The Balaban J connectivity index is 1.66. The minimum absolute atomic E-state index is 0.0938. The zero-order valence-electron chi connectivity index (χ0n) is 12.1. The topological polar surface area (TPSA) is 68.0 Å². The van der Waals surface area contributed by atoms with Crippen molar-refractivity contribution in [2.24, 2.45) is 11.1 Å². The van der Waals surface area contributed by atoms with Crippen LogP contribution >= 0.6 is 0 Å². The largest absolute Gasteiger partial charge is 0.386 e. The quantitative estimate of drug-likeness (QED) is 0.619. The highest BCUT2D eigenvalue weighted by molar-refractivity contribution is 5.83. The van der Waals surface area contributed by atoms with Crippen LogP contribution in [0.15, 0.2) is 29.4 Å². The summed E-state index contributed by atoms with van der Waals surface area (Å²) in [4.78, 5) is 18.2. The Morgan fingerprint density at radius 2 is 2.14 bits per heavy atom. The number of piperidine rings is 1. The van der Waals surface area contributed by atoms with E-state index in [1.165, 1.54) is 18.9 Å². The number of nitro groups is 1. The molecule has 0 amide bonds. The second-order valence-corrected chi connectivity index (χ2v) is 5.83. The molecule has 0 aliphatic carbocycles. The first kappa shape index (κ1) is 13.9. The Labute approximate surface area is 123 Å². The Kier molecular flexibility index (Phi) is 3.77. The van der Waals surface area contributed by atoms with Crippen molar-refractivity contribution in [2.45, 2.75) is 32.3 Å². The predicted molar refractivity (Wildman–Crippen MR) is 78.9 cm³/mol. The summed E-state index contributed by atoms with van der Waals surface area (Å²) in [5.41, 5.74) is 0.907. The average Bonchev–Trinajstić information content (AvgIpc) is 2.98. The molecule has 1 aromatic rings. The molecular weight excluding hydrogens is 270 g/mol. The van der Waals surface area contributed by atoms with Crippen LogP contribution in [0.4, 0.5) is 5.69 Å². The first-order valence-electron chi connectivity index (χ1n) is 7.35. The maximum atomic E-state index is 10.8. The molecule has 6 nitrogen and oxygen atoms in total. The summed E-state index contributed by atoms with van der Waals surface area (Å²) in [5.74, 6) is 1.75. The molecule has 1 atom stereocenters. The molecule has 2 aliphatic rings. The summed E-state index contributed by atoms with van der Waals surface area (Å²) in [7, 11) is 0. The minimum atomic E-state index is -0.383. The Hall–Kier alpha value is -2.11. The van der Waals surface area contributed by atoms with Gasteiger partial charge in [0.2, 0.25) is 0 Å². The van der Waals surface area contributed by atoms with Gasteiger partial charge in [-0.3, -0.25) is 10.1 Å². The lowest BCUT2D eigenvalue weighted by atomic mass is 9.98. The van der Waals surface area contributed by atoms with Crippen LogP contribution in [0.2, 0.25) is 0 Å². The maximum Gasteiger partial charge on any atom is 0.269 e. The Morgan fingerprint density at radius 1 is 1.38 bits per heavy atom. The van der Waals surface area contributed by atoms with Crippen molar-refractivity contribution in [2.75, 3.05) is 13.1 Å². The lowest BCUT2D eigenvalue weighted by Gasteiger charge is -2.31. The van der Waals surface area contributed by atoms with Crippen LogP contribution in [0, 0.1) is 16.0 Å². The molecule has 0 saturated carbocycles. The van der Waals surface area contributed by atoms with Gasteiger partial charge in [0.05, 0.1) is 11.3 Å². The second kappa shape index (κ2) is 5.71. The molecule has 3 rings (SSSR count). The van der Waals surface area contributed by atoms with Crippen LogP contribution in [0.5, 0.6) is 0 Å². The van der Waals surface area contributed by atoms with Gasteiger partial charge in [-0.25, -0.2) is 0 Å². The first-order valence-corrected chi connectivity index (χ1v) is 7.35. The minimum Gasteiger partial charge on any atom is -0.386 e. The van der Waals surface area contributed by atoms with E-state index in [1.807, 2.05) is 6.07 Å². The highest BCUT2D eigenvalue weighted by Gasteiger charge is 2.29. The molecule has 2 aliphatic heterocycles. The molecule has 2 heterocycles. The summed E-state index contributed by atoms with van der Waals surface area (Å²) in [6.45, 7) is 4.31. The molecule has 112 valence electrons. The average molecular weight is 289 g/mol. The number of rotatable bonds is 2. The fourth-order valence-electron chi connectivity index (χ4n) is 2.84. The van der Waals surface area contributed by atoms with Gasteiger partial charge in [0, 0.05) is 30.8 Å². The summed E-state index contributed by atoms with van der Waals surface area (Å²) in [5, 5.41) is 15.0. The molecule has 0 radical (unpaired) electrons. The van der Waals surface area contributed by atoms with E-state index < -0.39 is 0 Å². The highest BCUT2D eigenvalue weighted by Crippen LogP contribution is 2.31. The molecule has 6 heteroatoms. The highest BCUT2D eigenvalue weighted by atomic mass is 16.6. The van der Waals surface area contributed by atoms with Crippen molar-refractivity contribution in [3.05, 3.63) is 39.9 Å². The molecule has 1 aromatic carbocycles. The molecule has 0 N–H and O–H groups in total. The SMILES string of the molecule is CC1CCN(C2=NOC(c3cccc([N+](=O)[O-])c3)C2)CC1. The number of nitro benzene ring substituents is 1. The monoisotopic (exact) mass is 289 g/mol. The van der Waals surface area contributed by atoms with E-state index in [1.54, 1.807) is 12.1 Å². The van der Waals surface area contributed by atoms with E-state index in [4.69, 9.17) is 4.84 Å². The van der Waals surface area contributed by atoms with Crippen LogP contribution in [-0.2, 0) is 4.84 Å². The first-order chi connectivity index (χ1) is 10.1. The lowest BCUT2D eigenvalue weighted by molar-refractivity contribution is -0.385. The lowest BCUT2D eigenvalue weighted by Crippen LogP contribution is -2.37. The summed E-state index contributed by atoms with van der Waals surface area (Å²) in [6.07, 6.45) is 2.84. The van der Waals surface area contributed by atoms with Gasteiger partial charge in [-0.05, 0) is 18.8 Å². The normalized spacial score (nSPS) is 22.8. The van der Waals surface area contributed by atoms with E-state index in [2.05, 4.69) is 17.0 Å². The van der Waals surface area contributed by atoms with Crippen molar-refractivity contribution in [3.63, 3.8) is 0 Å². The standard InChI is InChI=1S/C15H19N3O3/c1-11-5-7-17(8-6-11)15-10-14(21-16-15)12-3-2-4-13(9-12)18(19)20/h2-4,9,11,14H,5-8,10H2,1H3. The number of non-ortho nitro benzene ring substituents is 1. The number of oxime groups is 1. The van der Waals surface area contributed by atoms with Crippen LogP contribution in [0.3, 0.4) is 0 Å². The molecule has 0 aromatic heterocycles. The smallest absolute Gasteiger partial charge is 0.269 e. The fraction of sp³-hybridized carbons (Fsp3) is 0.533. The van der Waals surface area contributed by atoms with E-state index in [0.29, 0.717) is 6.42 Å². The molecule has 0 bridgehead atoms. The van der Waals surface area contributed by atoms with Gasteiger partial charge in [0.25, 0.3) is 5.69 Å². The Morgan fingerprint density at radius 3 is 2.86 bits per heavy atom. The van der Waals surface area contributed by atoms with Crippen LogP contribution in [0.1, 0.15) is 37.9 Å². The van der Waals surface area contributed by atoms with Crippen molar-refractivity contribution < 1.29 is 9.76 Å². The van der Waals surface area contributed by atoms with Gasteiger partial charge in [0.15, 0.2) is 6.10 Å². The Bertz CT molecular complexity index is 565. The van der Waals surface area contributed by atoms with Crippen molar-refractivity contribution in [3.8, 4) is 0 Å². The van der Waals surface area contributed by atoms with Gasteiger partial charge in [-0.2, -0.15) is 0 Å². The summed E-state index contributed by atoms with van der Waals surface area (Å²) >= 11 is 0. The number of amidine groups is 1. The summed E-state index contributed by atoms with van der Waals surface area (Å²) < 4.78 is 0. The van der Waals surface area contributed by atoms with E-state index in [0.717, 1.165) is 30.4 Å². The van der Waals surface area contributed by atoms with Gasteiger partial charge in [0.1, 0.15) is 5.84 Å². The number of hydrogen-bond acceptors (Lipinski definition) is 5. The molecule has 21 heavy (non-hydrogen) atoms. The van der Waals surface area contributed by atoms with E-state index >= 15 is 0 Å². The number of nitrogens with zero attached hydrogens (tertiary/aromatic N) is 3. The van der Waals surface area contributed by atoms with Gasteiger partial charge in [-0.15, -0.1) is 0 Å². The molecule has 1 saturated heterocycles. The van der Waals surface area contributed by atoms with Gasteiger partial charge >= 0.3 is 0 Å². The van der Waals surface area contributed by atoms with Crippen LogP contribution < -0.4 is 0 Å². The van der Waals surface area contributed by atoms with Crippen molar-refractivity contribution in [1.29, 1.82) is 0 Å². The predicted octanol–water partition coefficient (Wildman–Crippen LogP) is 3.10. The molecular formula is C15H19N3O3. The van der Waals surface area contributed by atoms with Gasteiger partial charge < -0.3 is 9.74 Å². The maximum absolute atomic E-state index is 10.8. The number of benzene rings is 1. The van der Waals surface area contributed by atoms with Crippen molar-refractivity contribution >= 4 is 11.5 Å². The fourth-order valence-corrected chi connectivity index (χ4v) is 2.84.